The summed E-state index contributed by atoms with van der Waals surface area (Å²) in [7, 11) is 0. The van der Waals surface area contributed by atoms with E-state index in [4.69, 9.17) is 5.11 Å². The summed E-state index contributed by atoms with van der Waals surface area (Å²) in [5.41, 5.74) is 0. The molecule has 1 N–H and O–H groups in total. The van der Waals surface area contributed by atoms with E-state index in [9.17, 15) is 0 Å². The molecule has 1 aliphatic rings. The van der Waals surface area contributed by atoms with Crippen LogP contribution in [0.2, 0.25) is 0 Å². The van der Waals surface area contributed by atoms with Crippen molar-refractivity contribution in [3.63, 3.8) is 0 Å². The number of hydrogen-bond donors (Lipinski definition) is 1. The predicted molar refractivity (Wildman–Crippen MR) is 84.9 cm³/mol. The second kappa shape index (κ2) is 7.80. The van der Waals surface area contributed by atoms with Gasteiger partial charge in [-0.1, -0.05) is 18.8 Å². The first kappa shape index (κ1) is 15.5. The molecule has 1 saturated heterocycles. The second-order valence-corrected chi connectivity index (χ2v) is 6.42. The van der Waals surface area contributed by atoms with Crippen LogP contribution in [0.15, 0.2) is 12.1 Å². The van der Waals surface area contributed by atoms with Crippen LogP contribution < -0.4 is 0 Å². The molecule has 20 heavy (non-hydrogen) atoms. The van der Waals surface area contributed by atoms with E-state index < -0.39 is 0 Å². The summed E-state index contributed by atoms with van der Waals surface area (Å²) in [5, 5.41) is 8.72. The lowest BCUT2D eigenvalue weighted by atomic mass is 10.2. The molecule has 1 unspecified atom stereocenters. The zero-order chi connectivity index (χ0) is 14.4. The first-order chi connectivity index (χ1) is 9.72. The molecule has 1 atom stereocenters. The van der Waals surface area contributed by atoms with Crippen LogP contribution in [0.3, 0.4) is 0 Å². The number of aliphatic hydroxyl groups is 1. The Morgan fingerprint density at radius 2 is 2.25 bits per heavy atom. The number of aliphatic hydroxyl groups excluding tert-OH is 1. The molecule has 1 aromatic heterocycles. The molecule has 110 valence electrons. The van der Waals surface area contributed by atoms with Crippen LogP contribution in [0.5, 0.6) is 0 Å². The van der Waals surface area contributed by atoms with Gasteiger partial charge in [-0.3, -0.25) is 9.80 Å². The Labute approximate surface area is 126 Å². The van der Waals surface area contributed by atoms with Gasteiger partial charge in [-0.2, -0.15) is 0 Å². The summed E-state index contributed by atoms with van der Waals surface area (Å²) >= 11 is 1.77. The number of nitrogens with zero attached hydrogens (tertiary/aromatic N) is 2. The van der Waals surface area contributed by atoms with Crippen LogP contribution in [0.4, 0.5) is 0 Å². The Kier molecular flexibility index (Phi) is 6.06. The fraction of sp³-hybridized carbons (Fsp3) is 0.625. The van der Waals surface area contributed by atoms with Crippen molar-refractivity contribution in [1.82, 2.24) is 9.80 Å². The summed E-state index contributed by atoms with van der Waals surface area (Å²) < 4.78 is 0. The molecule has 1 fully saturated rings. The van der Waals surface area contributed by atoms with Crippen LogP contribution in [0, 0.1) is 11.8 Å². The van der Waals surface area contributed by atoms with Gasteiger partial charge < -0.3 is 5.11 Å². The highest BCUT2D eigenvalue weighted by molar-refractivity contribution is 7.12. The van der Waals surface area contributed by atoms with Crippen LogP contribution in [-0.4, -0.2) is 53.7 Å². The van der Waals surface area contributed by atoms with Crippen molar-refractivity contribution >= 4 is 11.3 Å². The summed E-state index contributed by atoms with van der Waals surface area (Å²) in [6.07, 6.45) is 0.559. The zero-order valence-electron chi connectivity index (χ0n) is 12.4. The van der Waals surface area contributed by atoms with Gasteiger partial charge in [0, 0.05) is 43.5 Å². The van der Waals surface area contributed by atoms with Gasteiger partial charge in [-0.05, 0) is 25.6 Å². The lowest BCUT2D eigenvalue weighted by molar-refractivity contribution is 0.0841. The molecule has 2 heterocycles. The minimum atomic E-state index is 0.144. The fourth-order valence-electron chi connectivity index (χ4n) is 2.64. The molecule has 0 amide bonds. The standard InChI is InChI=1S/C16H24N2OS/c1-3-18-10-9-17(12-14(18)2)13-16-8-7-15(20-16)6-4-5-11-19/h7-8,14,19H,3,5,9-13H2,1-2H3. The van der Waals surface area contributed by atoms with E-state index in [2.05, 4.69) is 47.6 Å². The second-order valence-electron chi connectivity index (χ2n) is 5.25. The zero-order valence-corrected chi connectivity index (χ0v) is 13.2. The monoisotopic (exact) mass is 292 g/mol. The highest BCUT2D eigenvalue weighted by Crippen LogP contribution is 2.19. The van der Waals surface area contributed by atoms with E-state index in [0.717, 1.165) is 31.1 Å². The van der Waals surface area contributed by atoms with Crippen molar-refractivity contribution in [2.75, 3.05) is 32.8 Å². The van der Waals surface area contributed by atoms with Crippen LogP contribution >= 0.6 is 11.3 Å². The Morgan fingerprint density at radius 1 is 1.40 bits per heavy atom. The predicted octanol–water partition coefficient (Wildman–Crippen LogP) is 2.01. The van der Waals surface area contributed by atoms with Crippen molar-refractivity contribution < 1.29 is 5.11 Å². The van der Waals surface area contributed by atoms with Gasteiger partial charge in [0.2, 0.25) is 0 Å². The van der Waals surface area contributed by atoms with Crippen LogP contribution in [0.1, 0.15) is 30.0 Å². The minimum Gasteiger partial charge on any atom is -0.395 e. The quantitative estimate of drug-likeness (QED) is 0.860. The molecule has 1 aromatic rings. The van der Waals surface area contributed by atoms with E-state index in [1.165, 1.54) is 11.4 Å². The van der Waals surface area contributed by atoms with Gasteiger partial charge in [0.1, 0.15) is 0 Å². The number of rotatable bonds is 4. The molecular formula is C16H24N2OS. The molecular weight excluding hydrogens is 268 g/mol. The lowest BCUT2D eigenvalue weighted by Crippen LogP contribution is -2.51. The molecule has 2 rings (SSSR count). The molecule has 3 nitrogen and oxygen atoms in total. The van der Waals surface area contributed by atoms with E-state index >= 15 is 0 Å². The van der Waals surface area contributed by atoms with Crippen molar-refractivity contribution in [2.45, 2.75) is 32.9 Å². The summed E-state index contributed by atoms with van der Waals surface area (Å²) in [4.78, 5) is 7.56. The summed E-state index contributed by atoms with van der Waals surface area (Å²) in [5.74, 6) is 6.09. The first-order valence-electron chi connectivity index (χ1n) is 7.37. The third-order valence-electron chi connectivity index (χ3n) is 3.74. The van der Waals surface area contributed by atoms with E-state index in [1.54, 1.807) is 11.3 Å². The van der Waals surface area contributed by atoms with E-state index in [-0.39, 0.29) is 6.61 Å². The molecule has 0 bridgehead atoms. The minimum absolute atomic E-state index is 0.144. The number of likely N-dealkylation sites (N-methyl/N-ethyl adjacent to an activating group) is 1. The maximum absolute atomic E-state index is 8.72. The Balaban J connectivity index is 1.87. The smallest absolute Gasteiger partial charge is 0.0771 e. The van der Waals surface area contributed by atoms with E-state index in [0.29, 0.717) is 12.5 Å². The van der Waals surface area contributed by atoms with Crippen LogP contribution in [0.25, 0.3) is 0 Å². The van der Waals surface area contributed by atoms with Gasteiger partial charge in [-0.15, -0.1) is 11.3 Å². The van der Waals surface area contributed by atoms with Crippen LogP contribution in [-0.2, 0) is 6.54 Å². The van der Waals surface area contributed by atoms with Gasteiger partial charge in [0.15, 0.2) is 0 Å². The average Bonchev–Trinajstić information content (AvgIpc) is 2.87. The number of hydrogen-bond acceptors (Lipinski definition) is 4. The molecule has 4 heteroatoms. The Bertz CT molecular complexity index is 474. The SMILES string of the molecule is CCN1CCN(Cc2ccc(C#CCCO)s2)CC1C. The summed E-state index contributed by atoms with van der Waals surface area (Å²) in [6.45, 7) is 10.4. The fourth-order valence-corrected chi connectivity index (χ4v) is 3.57. The molecule has 0 aliphatic carbocycles. The van der Waals surface area contributed by atoms with Gasteiger partial charge >= 0.3 is 0 Å². The molecule has 0 saturated carbocycles. The molecule has 1 aliphatic heterocycles. The Hall–Kier alpha value is -0.860. The first-order valence-corrected chi connectivity index (χ1v) is 8.19. The van der Waals surface area contributed by atoms with E-state index in [1.807, 2.05) is 0 Å². The highest BCUT2D eigenvalue weighted by Gasteiger charge is 2.22. The van der Waals surface area contributed by atoms with Crippen molar-refractivity contribution in [3.8, 4) is 11.8 Å². The van der Waals surface area contributed by atoms with Gasteiger partial charge in [0.25, 0.3) is 0 Å². The maximum Gasteiger partial charge on any atom is 0.0771 e. The molecule has 0 radical (unpaired) electrons. The maximum atomic E-state index is 8.72. The topological polar surface area (TPSA) is 26.7 Å². The van der Waals surface area contributed by atoms with Gasteiger partial charge in [0.05, 0.1) is 11.5 Å². The largest absolute Gasteiger partial charge is 0.395 e. The average molecular weight is 292 g/mol. The number of piperazine rings is 1. The summed E-state index contributed by atoms with van der Waals surface area (Å²) in [6, 6.07) is 4.93. The molecule has 0 spiro atoms. The third-order valence-corrected chi connectivity index (χ3v) is 4.73. The molecule has 0 aromatic carbocycles. The van der Waals surface area contributed by atoms with Crippen molar-refractivity contribution in [2.24, 2.45) is 0 Å². The highest BCUT2D eigenvalue weighted by atomic mass is 32.1. The van der Waals surface area contributed by atoms with Crippen molar-refractivity contribution in [1.29, 1.82) is 0 Å². The third kappa shape index (κ3) is 4.32. The van der Waals surface area contributed by atoms with Crippen molar-refractivity contribution in [3.05, 3.63) is 21.9 Å². The normalized spacial score (nSPS) is 20.6. The Morgan fingerprint density at radius 3 is 2.95 bits per heavy atom. The number of thiophene rings is 1. The van der Waals surface area contributed by atoms with Gasteiger partial charge in [-0.25, -0.2) is 0 Å². The lowest BCUT2D eigenvalue weighted by Gasteiger charge is -2.39.